The van der Waals surface area contributed by atoms with Crippen molar-refractivity contribution in [3.05, 3.63) is 65.8 Å². The van der Waals surface area contributed by atoms with Gasteiger partial charge < -0.3 is 18.8 Å². The number of nitrogens with zero attached hydrogens (tertiary/aromatic N) is 1. The van der Waals surface area contributed by atoms with Gasteiger partial charge in [-0.2, -0.15) is 0 Å². The first-order valence-electron chi connectivity index (χ1n) is 9.00. The van der Waals surface area contributed by atoms with Crippen molar-refractivity contribution in [2.45, 2.75) is 32.2 Å². The van der Waals surface area contributed by atoms with E-state index < -0.39 is 5.97 Å². The Bertz CT molecular complexity index is 792. The van der Waals surface area contributed by atoms with E-state index in [4.69, 9.17) is 9.15 Å². The Morgan fingerprint density at radius 3 is 2.59 bits per heavy atom. The summed E-state index contributed by atoms with van der Waals surface area (Å²) in [5, 5.41) is 0. The molecule has 0 spiro atoms. The van der Waals surface area contributed by atoms with Gasteiger partial charge in [-0.1, -0.05) is 6.08 Å². The quantitative estimate of drug-likeness (QED) is 0.692. The molecule has 6 nitrogen and oxygen atoms in total. The smallest absolute Gasteiger partial charge is 0.337 e. The van der Waals surface area contributed by atoms with Crippen LogP contribution in [0.5, 0.6) is 5.75 Å². The van der Waals surface area contributed by atoms with E-state index in [1.165, 1.54) is 7.11 Å². The standard InChI is InChI=1S/C21H23NO5/c1-25-21(24)16-9-11-18(12-10-16)27-15-20(23)22(14-19-8-5-13-26-19)17-6-3-2-4-7-17/h5-6,8-13H,2-4,7,14-15H2,1H3. The van der Waals surface area contributed by atoms with Crippen LogP contribution in [0.1, 0.15) is 41.8 Å². The molecule has 1 aromatic heterocycles. The Hall–Kier alpha value is -3.02. The highest BCUT2D eigenvalue weighted by atomic mass is 16.5. The monoisotopic (exact) mass is 369 g/mol. The molecule has 0 atom stereocenters. The fourth-order valence-corrected chi connectivity index (χ4v) is 3.00. The minimum atomic E-state index is -0.411. The normalized spacial score (nSPS) is 13.6. The maximum Gasteiger partial charge on any atom is 0.337 e. The molecule has 0 aliphatic heterocycles. The minimum Gasteiger partial charge on any atom is -0.484 e. The van der Waals surface area contributed by atoms with Crippen LogP contribution < -0.4 is 4.74 Å². The van der Waals surface area contributed by atoms with Crippen molar-refractivity contribution in [3.8, 4) is 5.75 Å². The summed E-state index contributed by atoms with van der Waals surface area (Å²) < 4.78 is 15.7. The molecule has 0 saturated heterocycles. The van der Waals surface area contributed by atoms with Crippen LogP contribution in [0.15, 0.2) is 58.9 Å². The summed E-state index contributed by atoms with van der Waals surface area (Å²) in [5.41, 5.74) is 1.45. The van der Waals surface area contributed by atoms with Crippen LogP contribution in [0.2, 0.25) is 0 Å². The molecule has 0 saturated carbocycles. The van der Waals surface area contributed by atoms with E-state index in [2.05, 4.69) is 10.8 Å². The van der Waals surface area contributed by atoms with Crippen molar-refractivity contribution in [1.82, 2.24) is 4.90 Å². The molecule has 1 aliphatic carbocycles. The van der Waals surface area contributed by atoms with Gasteiger partial charge in [-0.15, -0.1) is 0 Å². The first kappa shape index (κ1) is 18.8. The second-order valence-corrected chi connectivity index (χ2v) is 6.31. The Balaban J connectivity index is 1.65. The second kappa shape index (κ2) is 9.07. The number of ether oxygens (including phenoxy) is 2. The SMILES string of the molecule is COC(=O)c1ccc(OCC(=O)N(Cc2ccco2)C2=CCCCC2)cc1. The molecule has 0 bridgehead atoms. The van der Waals surface area contributed by atoms with Crippen LogP contribution in [0, 0.1) is 0 Å². The number of allylic oxidation sites excluding steroid dienone is 2. The second-order valence-electron chi connectivity index (χ2n) is 6.31. The molecule has 1 amide bonds. The lowest BCUT2D eigenvalue weighted by Gasteiger charge is -2.27. The molecule has 2 aromatic rings. The molecule has 0 radical (unpaired) electrons. The number of esters is 1. The zero-order valence-corrected chi connectivity index (χ0v) is 15.3. The number of carbonyl (C=O) groups is 2. The van der Waals surface area contributed by atoms with Gasteiger partial charge in [0, 0.05) is 5.70 Å². The van der Waals surface area contributed by atoms with Gasteiger partial charge in [0.2, 0.25) is 0 Å². The summed E-state index contributed by atoms with van der Waals surface area (Å²) in [6, 6.07) is 10.2. The molecule has 0 N–H and O–H groups in total. The molecule has 1 aliphatic rings. The van der Waals surface area contributed by atoms with Crippen molar-refractivity contribution in [1.29, 1.82) is 0 Å². The molecule has 27 heavy (non-hydrogen) atoms. The third-order valence-electron chi connectivity index (χ3n) is 4.45. The first-order valence-corrected chi connectivity index (χ1v) is 9.00. The number of carbonyl (C=O) groups excluding carboxylic acids is 2. The number of hydrogen-bond acceptors (Lipinski definition) is 5. The molecule has 6 heteroatoms. The molecular weight excluding hydrogens is 346 g/mol. The summed E-state index contributed by atoms with van der Waals surface area (Å²) in [6.45, 7) is 0.303. The zero-order valence-electron chi connectivity index (χ0n) is 15.3. The third kappa shape index (κ3) is 5.00. The molecule has 142 valence electrons. The summed E-state index contributed by atoms with van der Waals surface area (Å²) >= 11 is 0. The average Bonchev–Trinajstić information content (AvgIpc) is 3.24. The fourth-order valence-electron chi connectivity index (χ4n) is 3.00. The largest absolute Gasteiger partial charge is 0.484 e. The molecular formula is C21H23NO5. The number of methoxy groups -OCH3 is 1. The highest BCUT2D eigenvalue weighted by molar-refractivity contribution is 5.89. The van der Waals surface area contributed by atoms with Gasteiger partial charge in [0.25, 0.3) is 5.91 Å². The fraction of sp³-hybridized carbons (Fsp3) is 0.333. The highest BCUT2D eigenvalue weighted by Gasteiger charge is 2.21. The van der Waals surface area contributed by atoms with Crippen LogP contribution in [0.25, 0.3) is 0 Å². The van der Waals surface area contributed by atoms with Crippen molar-refractivity contribution < 1.29 is 23.5 Å². The van der Waals surface area contributed by atoms with Crippen LogP contribution in [-0.4, -0.2) is 30.5 Å². The predicted octanol–water partition coefficient (Wildman–Crippen LogP) is 3.93. The zero-order chi connectivity index (χ0) is 19.1. The van der Waals surface area contributed by atoms with Gasteiger partial charge in [-0.3, -0.25) is 4.79 Å². The lowest BCUT2D eigenvalue weighted by atomic mass is 10.0. The van der Waals surface area contributed by atoms with E-state index in [0.717, 1.165) is 37.1 Å². The van der Waals surface area contributed by atoms with Gasteiger partial charge in [0.15, 0.2) is 6.61 Å². The number of benzene rings is 1. The van der Waals surface area contributed by atoms with Gasteiger partial charge in [0.1, 0.15) is 11.5 Å². The van der Waals surface area contributed by atoms with Gasteiger partial charge in [-0.05, 0) is 62.1 Å². The number of amides is 1. The summed E-state index contributed by atoms with van der Waals surface area (Å²) in [4.78, 5) is 26.0. The van der Waals surface area contributed by atoms with Crippen molar-refractivity contribution in [2.24, 2.45) is 0 Å². The lowest BCUT2D eigenvalue weighted by molar-refractivity contribution is -0.132. The van der Waals surface area contributed by atoms with Crippen molar-refractivity contribution in [3.63, 3.8) is 0 Å². The summed E-state index contributed by atoms with van der Waals surface area (Å²) in [5.74, 6) is 0.715. The highest BCUT2D eigenvalue weighted by Crippen LogP contribution is 2.23. The van der Waals surface area contributed by atoms with E-state index in [0.29, 0.717) is 17.9 Å². The molecule has 0 unspecified atom stereocenters. The van der Waals surface area contributed by atoms with E-state index in [1.807, 2.05) is 12.1 Å². The molecule has 3 rings (SSSR count). The minimum absolute atomic E-state index is 0.0877. The summed E-state index contributed by atoms with van der Waals surface area (Å²) in [6.07, 6.45) is 7.80. The lowest BCUT2D eigenvalue weighted by Crippen LogP contribution is -2.34. The van der Waals surface area contributed by atoms with Crippen molar-refractivity contribution in [2.75, 3.05) is 13.7 Å². The Morgan fingerprint density at radius 2 is 1.96 bits per heavy atom. The van der Waals surface area contributed by atoms with Crippen LogP contribution in [0.3, 0.4) is 0 Å². The Morgan fingerprint density at radius 1 is 1.15 bits per heavy atom. The average molecular weight is 369 g/mol. The molecule has 1 heterocycles. The summed E-state index contributed by atoms with van der Waals surface area (Å²) in [7, 11) is 1.33. The third-order valence-corrected chi connectivity index (χ3v) is 4.45. The predicted molar refractivity (Wildman–Crippen MR) is 99.1 cm³/mol. The van der Waals surface area contributed by atoms with Crippen LogP contribution in [0.4, 0.5) is 0 Å². The van der Waals surface area contributed by atoms with Gasteiger partial charge in [-0.25, -0.2) is 4.79 Å². The van der Waals surface area contributed by atoms with E-state index in [9.17, 15) is 9.59 Å². The number of hydrogen-bond donors (Lipinski definition) is 0. The molecule has 0 fully saturated rings. The molecule has 1 aromatic carbocycles. The number of rotatable bonds is 7. The van der Waals surface area contributed by atoms with E-state index >= 15 is 0 Å². The number of furan rings is 1. The van der Waals surface area contributed by atoms with E-state index in [1.54, 1.807) is 35.4 Å². The van der Waals surface area contributed by atoms with Crippen LogP contribution in [-0.2, 0) is 16.1 Å². The topological polar surface area (TPSA) is 69.0 Å². The van der Waals surface area contributed by atoms with Crippen LogP contribution >= 0.6 is 0 Å². The Labute approximate surface area is 158 Å². The van der Waals surface area contributed by atoms with Gasteiger partial charge >= 0.3 is 5.97 Å². The van der Waals surface area contributed by atoms with Crippen molar-refractivity contribution >= 4 is 11.9 Å². The maximum atomic E-state index is 12.8. The maximum absolute atomic E-state index is 12.8. The Kier molecular flexibility index (Phi) is 6.30. The first-order chi connectivity index (χ1) is 13.2. The van der Waals surface area contributed by atoms with E-state index in [-0.39, 0.29) is 12.5 Å². The van der Waals surface area contributed by atoms with Gasteiger partial charge in [0.05, 0.1) is 25.5 Å².